The summed E-state index contributed by atoms with van der Waals surface area (Å²) >= 11 is 5.93. The number of alkyl halides is 1. The molecule has 84 valence electrons. The van der Waals surface area contributed by atoms with Gasteiger partial charge in [0.25, 0.3) is 0 Å². The van der Waals surface area contributed by atoms with Gasteiger partial charge in [-0.25, -0.2) is 0 Å². The van der Waals surface area contributed by atoms with Crippen molar-refractivity contribution >= 4 is 17.3 Å². The molecule has 0 radical (unpaired) electrons. The number of halogens is 1. The molecule has 1 nitrogen and oxygen atoms in total. The Morgan fingerprint density at radius 2 is 2.00 bits per heavy atom. The highest BCUT2D eigenvalue weighted by molar-refractivity contribution is 6.17. The number of hydrogen-bond donors (Lipinski definition) is 0. The van der Waals surface area contributed by atoms with Crippen molar-refractivity contribution in [2.45, 2.75) is 38.6 Å². The molecule has 0 aliphatic rings. The Bertz CT molecular complexity index is 298. The first kappa shape index (κ1) is 12.4. The minimum Gasteiger partial charge on any atom is -0.372 e. The number of rotatable bonds is 5. The first-order valence-electron chi connectivity index (χ1n) is 5.57. The van der Waals surface area contributed by atoms with E-state index in [1.165, 1.54) is 24.1 Å². The Kier molecular flexibility index (Phi) is 4.97. The van der Waals surface area contributed by atoms with Crippen LogP contribution in [0.2, 0.25) is 0 Å². The fourth-order valence-corrected chi connectivity index (χ4v) is 2.04. The average Bonchev–Trinajstić information content (AvgIpc) is 2.28. The maximum atomic E-state index is 5.93. The van der Waals surface area contributed by atoms with Crippen LogP contribution < -0.4 is 4.90 Å². The second-order valence-corrected chi connectivity index (χ2v) is 4.28. The predicted molar refractivity (Wildman–Crippen MR) is 68.8 cm³/mol. The Morgan fingerprint density at radius 3 is 2.60 bits per heavy atom. The molecule has 0 fully saturated rings. The molecule has 1 aromatic carbocycles. The number of benzene rings is 1. The summed E-state index contributed by atoms with van der Waals surface area (Å²) in [6.45, 7) is 4.48. The molecule has 0 amide bonds. The van der Waals surface area contributed by atoms with E-state index in [1.54, 1.807) is 0 Å². The van der Waals surface area contributed by atoms with Gasteiger partial charge in [0.2, 0.25) is 0 Å². The maximum Gasteiger partial charge on any atom is 0.0494 e. The van der Waals surface area contributed by atoms with Gasteiger partial charge in [0.15, 0.2) is 0 Å². The fourth-order valence-electron chi connectivity index (χ4n) is 1.82. The van der Waals surface area contributed by atoms with Gasteiger partial charge in [-0.2, -0.15) is 0 Å². The summed E-state index contributed by atoms with van der Waals surface area (Å²) < 4.78 is 0. The Labute approximate surface area is 98.0 Å². The molecule has 0 aromatic heterocycles. The van der Waals surface area contributed by atoms with Gasteiger partial charge < -0.3 is 4.90 Å². The standard InChI is InChI=1S/C13H20ClN/c1-4-7-11(2)15(3)13-9-6-5-8-12(13)10-14/h5-6,8-9,11H,4,7,10H2,1-3H3. The van der Waals surface area contributed by atoms with Crippen LogP contribution in [0.1, 0.15) is 32.3 Å². The van der Waals surface area contributed by atoms with Gasteiger partial charge in [-0.1, -0.05) is 31.5 Å². The topological polar surface area (TPSA) is 3.24 Å². The van der Waals surface area contributed by atoms with Crippen molar-refractivity contribution in [3.05, 3.63) is 29.8 Å². The van der Waals surface area contributed by atoms with Crippen LogP contribution in [0.25, 0.3) is 0 Å². The molecule has 0 saturated carbocycles. The van der Waals surface area contributed by atoms with Crippen molar-refractivity contribution in [3.8, 4) is 0 Å². The zero-order valence-electron chi connectivity index (χ0n) is 9.83. The second kappa shape index (κ2) is 6.02. The van der Waals surface area contributed by atoms with Crippen LogP contribution in [0, 0.1) is 0 Å². The van der Waals surface area contributed by atoms with Crippen LogP contribution in [0.3, 0.4) is 0 Å². The van der Waals surface area contributed by atoms with Gasteiger partial charge >= 0.3 is 0 Å². The summed E-state index contributed by atoms with van der Waals surface area (Å²) in [5, 5.41) is 0. The van der Waals surface area contributed by atoms with E-state index in [9.17, 15) is 0 Å². The molecular weight excluding hydrogens is 206 g/mol. The third kappa shape index (κ3) is 3.13. The summed E-state index contributed by atoms with van der Waals surface area (Å²) in [5.41, 5.74) is 2.47. The van der Waals surface area contributed by atoms with Gasteiger partial charge in [0.1, 0.15) is 0 Å². The maximum absolute atomic E-state index is 5.93. The van der Waals surface area contributed by atoms with E-state index < -0.39 is 0 Å². The summed E-state index contributed by atoms with van der Waals surface area (Å²) in [6.07, 6.45) is 2.43. The molecule has 1 aromatic rings. The Balaban J connectivity index is 2.84. The lowest BCUT2D eigenvalue weighted by Crippen LogP contribution is -2.29. The van der Waals surface area contributed by atoms with E-state index >= 15 is 0 Å². The van der Waals surface area contributed by atoms with Gasteiger partial charge in [-0.05, 0) is 25.0 Å². The average molecular weight is 226 g/mol. The molecule has 0 heterocycles. The zero-order valence-corrected chi connectivity index (χ0v) is 10.6. The summed E-state index contributed by atoms with van der Waals surface area (Å²) in [5.74, 6) is 0.583. The summed E-state index contributed by atoms with van der Waals surface area (Å²) in [7, 11) is 2.14. The van der Waals surface area contributed by atoms with Gasteiger partial charge in [0, 0.05) is 24.7 Å². The third-order valence-electron chi connectivity index (χ3n) is 2.88. The molecule has 0 N–H and O–H groups in total. The first-order chi connectivity index (χ1) is 7.20. The van der Waals surface area contributed by atoms with Crippen LogP contribution >= 0.6 is 11.6 Å². The molecule has 2 heteroatoms. The second-order valence-electron chi connectivity index (χ2n) is 4.01. The van der Waals surface area contributed by atoms with Crippen LogP contribution in [0.15, 0.2) is 24.3 Å². The normalized spacial score (nSPS) is 12.5. The number of hydrogen-bond acceptors (Lipinski definition) is 1. The van der Waals surface area contributed by atoms with E-state index in [-0.39, 0.29) is 0 Å². The minimum absolute atomic E-state index is 0.569. The SMILES string of the molecule is CCCC(C)N(C)c1ccccc1CCl. The minimum atomic E-state index is 0.569. The first-order valence-corrected chi connectivity index (χ1v) is 6.10. The molecule has 1 atom stereocenters. The highest BCUT2D eigenvalue weighted by Gasteiger charge is 2.11. The van der Waals surface area contributed by atoms with Gasteiger partial charge in [0.05, 0.1) is 0 Å². The van der Waals surface area contributed by atoms with Crippen molar-refractivity contribution in [2.24, 2.45) is 0 Å². The Morgan fingerprint density at radius 1 is 1.33 bits per heavy atom. The predicted octanol–water partition coefficient (Wildman–Crippen LogP) is 4.05. The number of anilines is 1. The summed E-state index contributed by atoms with van der Waals surface area (Å²) in [6, 6.07) is 8.92. The van der Waals surface area contributed by atoms with E-state index in [0.717, 1.165) is 0 Å². The zero-order chi connectivity index (χ0) is 11.3. The number of nitrogens with zero attached hydrogens (tertiary/aromatic N) is 1. The molecule has 0 aliphatic carbocycles. The van der Waals surface area contributed by atoms with Crippen molar-refractivity contribution in [1.82, 2.24) is 0 Å². The van der Waals surface area contributed by atoms with Gasteiger partial charge in [-0.15, -0.1) is 11.6 Å². The van der Waals surface area contributed by atoms with E-state index in [2.05, 4.69) is 44.0 Å². The summed E-state index contributed by atoms with van der Waals surface area (Å²) in [4.78, 5) is 2.32. The molecule has 15 heavy (non-hydrogen) atoms. The molecule has 0 spiro atoms. The smallest absolute Gasteiger partial charge is 0.0494 e. The van der Waals surface area contributed by atoms with Crippen LogP contribution in [-0.2, 0) is 5.88 Å². The van der Waals surface area contributed by atoms with Crippen LogP contribution in [0.4, 0.5) is 5.69 Å². The third-order valence-corrected chi connectivity index (χ3v) is 3.17. The van der Waals surface area contributed by atoms with E-state index in [1.807, 2.05) is 6.07 Å². The molecule has 1 rings (SSSR count). The fraction of sp³-hybridized carbons (Fsp3) is 0.538. The van der Waals surface area contributed by atoms with Gasteiger partial charge in [-0.3, -0.25) is 0 Å². The van der Waals surface area contributed by atoms with Crippen LogP contribution in [-0.4, -0.2) is 13.1 Å². The molecule has 0 bridgehead atoms. The van der Waals surface area contributed by atoms with E-state index in [0.29, 0.717) is 11.9 Å². The van der Waals surface area contributed by atoms with E-state index in [4.69, 9.17) is 11.6 Å². The highest BCUT2D eigenvalue weighted by Crippen LogP contribution is 2.23. The molecule has 0 saturated heterocycles. The highest BCUT2D eigenvalue weighted by atomic mass is 35.5. The molecular formula is C13H20ClN. The number of para-hydroxylation sites is 1. The molecule has 1 unspecified atom stereocenters. The van der Waals surface area contributed by atoms with Crippen molar-refractivity contribution in [1.29, 1.82) is 0 Å². The largest absolute Gasteiger partial charge is 0.372 e. The molecule has 0 aliphatic heterocycles. The van der Waals surface area contributed by atoms with Crippen molar-refractivity contribution < 1.29 is 0 Å². The lowest BCUT2D eigenvalue weighted by Gasteiger charge is -2.28. The lowest BCUT2D eigenvalue weighted by atomic mass is 10.1. The lowest BCUT2D eigenvalue weighted by molar-refractivity contribution is 0.615. The quantitative estimate of drug-likeness (QED) is 0.684. The Hall–Kier alpha value is -0.690. The monoisotopic (exact) mass is 225 g/mol. The van der Waals surface area contributed by atoms with Crippen molar-refractivity contribution in [3.63, 3.8) is 0 Å². The van der Waals surface area contributed by atoms with Crippen LogP contribution in [0.5, 0.6) is 0 Å². The van der Waals surface area contributed by atoms with Crippen molar-refractivity contribution in [2.75, 3.05) is 11.9 Å².